The molecule has 30 heavy (non-hydrogen) atoms. The Morgan fingerprint density at radius 3 is 2.43 bits per heavy atom. The number of ether oxygens (including phenoxy) is 1. The minimum absolute atomic E-state index is 0.251. The molecule has 0 fully saturated rings. The first-order chi connectivity index (χ1) is 14.4. The molecule has 0 unspecified atom stereocenters. The number of H-pyrrole nitrogens is 1. The van der Waals surface area contributed by atoms with Crippen molar-refractivity contribution in [2.75, 3.05) is 12.4 Å². The largest absolute Gasteiger partial charge is 0.480 e. The van der Waals surface area contributed by atoms with Gasteiger partial charge in [0.15, 0.2) is 0 Å². The highest BCUT2D eigenvalue weighted by atomic mass is 19.4. The zero-order chi connectivity index (χ0) is 21.1. The second kappa shape index (κ2) is 7.93. The van der Waals surface area contributed by atoms with Crippen LogP contribution in [-0.4, -0.2) is 37.0 Å². The number of nitrogens with one attached hydrogen (secondary N) is 2. The summed E-state index contributed by atoms with van der Waals surface area (Å²) in [5.74, 6) is 0.846. The smallest absolute Gasteiger partial charge is 0.433 e. The molecule has 0 aliphatic heterocycles. The van der Waals surface area contributed by atoms with Crippen LogP contribution in [0.15, 0.2) is 43.2 Å². The second-order valence-corrected chi connectivity index (χ2v) is 6.42. The van der Waals surface area contributed by atoms with Crippen molar-refractivity contribution in [1.29, 1.82) is 0 Å². The monoisotopic (exact) mass is 415 g/mol. The number of hydrogen-bond acceptors (Lipinski definition) is 7. The van der Waals surface area contributed by atoms with Crippen molar-refractivity contribution < 1.29 is 17.9 Å². The summed E-state index contributed by atoms with van der Waals surface area (Å²) in [6.45, 7) is 0.251. The fourth-order valence-electron chi connectivity index (χ4n) is 2.93. The molecule has 11 heteroatoms. The Labute approximate surface area is 168 Å². The maximum atomic E-state index is 12.6. The normalized spacial score (nSPS) is 11.6. The van der Waals surface area contributed by atoms with E-state index in [9.17, 15) is 13.2 Å². The highest BCUT2D eigenvalue weighted by molar-refractivity contribution is 5.85. The molecule has 4 aromatic heterocycles. The third-order valence-corrected chi connectivity index (χ3v) is 4.38. The number of anilines is 1. The SMILES string of the molecule is COc1ncnc2[nH]cc(Cc3cnc(NCc4ccc(C(F)(F)F)nc4)nc3)c12. The zero-order valence-electron chi connectivity index (χ0n) is 15.7. The molecule has 0 aromatic carbocycles. The van der Waals surface area contributed by atoms with Crippen molar-refractivity contribution in [3.8, 4) is 5.88 Å². The third kappa shape index (κ3) is 4.14. The molecule has 0 aliphatic carbocycles. The first-order valence-electron chi connectivity index (χ1n) is 8.86. The number of alkyl halides is 3. The molecule has 0 saturated heterocycles. The lowest BCUT2D eigenvalue weighted by molar-refractivity contribution is -0.141. The van der Waals surface area contributed by atoms with Gasteiger partial charge >= 0.3 is 6.18 Å². The van der Waals surface area contributed by atoms with Crippen LogP contribution in [0, 0.1) is 0 Å². The Morgan fingerprint density at radius 2 is 1.77 bits per heavy atom. The number of aromatic nitrogens is 6. The predicted molar refractivity (Wildman–Crippen MR) is 102 cm³/mol. The topological polar surface area (TPSA) is 102 Å². The van der Waals surface area contributed by atoms with E-state index in [-0.39, 0.29) is 6.54 Å². The average molecular weight is 415 g/mol. The Bertz CT molecular complexity index is 1140. The highest BCUT2D eigenvalue weighted by Crippen LogP contribution is 2.28. The molecule has 8 nitrogen and oxygen atoms in total. The van der Waals surface area contributed by atoms with E-state index >= 15 is 0 Å². The number of methoxy groups -OCH3 is 1. The summed E-state index contributed by atoms with van der Waals surface area (Å²) in [5, 5.41) is 3.77. The van der Waals surface area contributed by atoms with Gasteiger partial charge in [-0.3, -0.25) is 4.98 Å². The minimum atomic E-state index is -4.45. The van der Waals surface area contributed by atoms with E-state index in [1.165, 1.54) is 18.6 Å². The molecule has 4 rings (SSSR count). The van der Waals surface area contributed by atoms with E-state index in [0.717, 1.165) is 22.6 Å². The lowest BCUT2D eigenvalue weighted by Crippen LogP contribution is -2.09. The molecule has 2 N–H and O–H groups in total. The van der Waals surface area contributed by atoms with Gasteiger partial charge in [0.1, 0.15) is 17.7 Å². The Balaban J connectivity index is 1.41. The molecular weight excluding hydrogens is 399 g/mol. The molecule has 0 saturated carbocycles. The lowest BCUT2D eigenvalue weighted by atomic mass is 10.1. The molecule has 0 radical (unpaired) electrons. The Morgan fingerprint density at radius 1 is 1.00 bits per heavy atom. The molecule has 154 valence electrons. The van der Waals surface area contributed by atoms with Gasteiger partial charge in [0.25, 0.3) is 0 Å². The van der Waals surface area contributed by atoms with E-state index in [4.69, 9.17) is 4.74 Å². The number of fused-ring (bicyclic) bond motifs is 1. The van der Waals surface area contributed by atoms with Crippen molar-refractivity contribution in [3.63, 3.8) is 0 Å². The van der Waals surface area contributed by atoms with Crippen molar-refractivity contribution in [3.05, 3.63) is 65.6 Å². The molecule has 0 bridgehead atoms. The Kier molecular flexibility index (Phi) is 5.17. The van der Waals surface area contributed by atoms with Crippen LogP contribution in [0.4, 0.5) is 19.1 Å². The highest BCUT2D eigenvalue weighted by Gasteiger charge is 2.31. The molecule has 0 atom stereocenters. The summed E-state index contributed by atoms with van der Waals surface area (Å²) in [6.07, 6.45) is 3.89. The van der Waals surface area contributed by atoms with Gasteiger partial charge in [-0.1, -0.05) is 6.07 Å². The van der Waals surface area contributed by atoms with Gasteiger partial charge in [0, 0.05) is 37.8 Å². The maximum absolute atomic E-state index is 12.6. The van der Waals surface area contributed by atoms with E-state index in [2.05, 4.69) is 35.2 Å². The van der Waals surface area contributed by atoms with Crippen molar-refractivity contribution in [2.24, 2.45) is 0 Å². The van der Waals surface area contributed by atoms with Gasteiger partial charge in [-0.25, -0.2) is 19.9 Å². The van der Waals surface area contributed by atoms with Crippen LogP contribution in [-0.2, 0) is 19.1 Å². The van der Waals surface area contributed by atoms with Gasteiger partial charge in [0.05, 0.1) is 12.5 Å². The van der Waals surface area contributed by atoms with Crippen LogP contribution in [0.5, 0.6) is 5.88 Å². The van der Waals surface area contributed by atoms with Gasteiger partial charge in [-0.15, -0.1) is 0 Å². The van der Waals surface area contributed by atoms with Crippen LogP contribution >= 0.6 is 0 Å². The summed E-state index contributed by atoms with van der Waals surface area (Å²) >= 11 is 0. The predicted octanol–water partition coefficient (Wildman–Crippen LogP) is 3.37. The van der Waals surface area contributed by atoms with Crippen molar-refractivity contribution >= 4 is 17.0 Å². The second-order valence-electron chi connectivity index (χ2n) is 6.42. The number of aromatic amines is 1. The van der Waals surface area contributed by atoms with Crippen LogP contribution in [0.2, 0.25) is 0 Å². The Hall–Kier alpha value is -3.76. The van der Waals surface area contributed by atoms with Crippen molar-refractivity contribution in [2.45, 2.75) is 19.1 Å². The minimum Gasteiger partial charge on any atom is -0.480 e. The van der Waals surface area contributed by atoms with Gasteiger partial charge in [0.2, 0.25) is 11.8 Å². The van der Waals surface area contributed by atoms with E-state index in [0.29, 0.717) is 29.5 Å². The van der Waals surface area contributed by atoms with E-state index < -0.39 is 11.9 Å². The molecule has 4 aromatic rings. The summed E-state index contributed by atoms with van der Waals surface area (Å²) in [7, 11) is 1.55. The fourth-order valence-corrected chi connectivity index (χ4v) is 2.93. The number of pyridine rings is 1. The average Bonchev–Trinajstić information content (AvgIpc) is 3.16. The summed E-state index contributed by atoms with van der Waals surface area (Å²) in [6, 6.07) is 2.31. The van der Waals surface area contributed by atoms with Crippen molar-refractivity contribution in [1.82, 2.24) is 29.9 Å². The molecule has 4 heterocycles. The quantitative estimate of drug-likeness (QED) is 0.498. The van der Waals surface area contributed by atoms with Crippen LogP contribution in [0.1, 0.15) is 22.4 Å². The number of hydrogen-bond donors (Lipinski definition) is 2. The maximum Gasteiger partial charge on any atom is 0.433 e. The molecule has 0 spiro atoms. The van der Waals surface area contributed by atoms with E-state index in [1.54, 1.807) is 19.5 Å². The molecular formula is C19H16F3N7O. The summed E-state index contributed by atoms with van der Waals surface area (Å²) in [5.41, 5.74) is 2.15. The standard InChI is InChI=1S/C19H16F3N7O/c1-30-17-15-13(9-24-16(15)28-10-29-17)4-12-7-26-18(27-8-12)25-6-11-2-3-14(23-5-11)19(20,21)22/h2-3,5,7-10H,4,6H2,1H3,(H,24,28,29)(H,25,26,27). The number of rotatable bonds is 6. The third-order valence-electron chi connectivity index (χ3n) is 4.38. The number of nitrogens with zero attached hydrogens (tertiary/aromatic N) is 5. The first kappa shape index (κ1) is 19.6. The molecule has 0 amide bonds. The summed E-state index contributed by atoms with van der Waals surface area (Å²) in [4.78, 5) is 23.3. The number of halogens is 3. The lowest BCUT2D eigenvalue weighted by Gasteiger charge is -2.08. The molecule has 0 aliphatic rings. The summed E-state index contributed by atoms with van der Waals surface area (Å²) < 4.78 is 43.0. The zero-order valence-corrected chi connectivity index (χ0v) is 15.7. The van der Waals surface area contributed by atoms with Gasteiger partial charge in [-0.2, -0.15) is 13.2 Å². The van der Waals surface area contributed by atoms with Crippen LogP contribution in [0.25, 0.3) is 11.0 Å². The fraction of sp³-hybridized carbons (Fsp3) is 0.211. The van der Waals surface area contributed by atoms with Crippen LogP contribution < -0.4 is 10.1 Å². The first-order valence-corrected chi connectivity index (χ1v) is 8.86. The van der Waals surface area contributed by atoms with Gasteiger partial charge < -0.3 is 15.0 Å². The van der Waals surface area contributed by atoms with Crippen LogP contribution in [0.3, 0.4) is 0 Å². The van der Waals surface area contributed by atoms with Gasteiger partial charge in [-0.05, 0) is 22.8 Å². The van der Waals surface area contributed by atoms with E-state index in [1.807, 2.05) is 6.20 Å².